The number of nitrogens with zero attached hydrogens (tertiary/aromatic N) is 2. The fraction of sp³-hybridized carbons (Fsp3) is 0.667. The van der Waals surface area contributed by atoms with E-state index in [0.717, 1.165) is 38.4 Å². The summed E-state index contributed by atoms with van der Waals surface area (Å²) >= 11 is 0. The first-order valence-electron chi connectivity index (χ1n) is 7.11. The minimum atomic E-state index is 0.654. The Bertz CT molecular complexity index is 385. The molecule has 0 aliphatic carbocycles. The van der Waals surface area contributed by atoms with Crippen LogP contribution in [0.4, 0.5) is 5.82 Å². The Morgan fingerprint density at radius 1 is 1.20 bits per heavy atom. The van der Waals surface area contributed by atoms with Crippen LogP contribution in [0.3, 0.4) is 0 Å². The molecule has 0 fully saturated rings. The molecule has 0 spiro atoms. The number of nitrogens with two attached hydrogens (primary N) is 1. The molecule has 0 aromatic carbocycles. The van der Waals surface area contributed by atoms with Crippen LogP contribution in [0.2, 0.25) is 0 Å². The van der Waals surface area contributed by atoms with Crippen molar-refractivity contribution in [1.82, 2.24) is 4.98 Å². The van der Waals surface area contributed by atoms with Gasteiger partial charge in [0, 0.05) is 40.1 Å². The molecule has 0 aliphatic rings. The fourth-order valence-corrected chi connectivity index (χ4v) is 2.19. The number of aryl methyl sites for hydroxylation is 1. The molecule has 114 valence electrons. The summed E-state index contributed by atoms with van der Waals surface area (Å²) in [5.41, 5.74) is 7.96. The van der Waals surface area contributed by atoms with Gasteiger partial charge in [-0.25, -0.2) is 4.98 Å². The first-order chi connectivity index (χ1) is 9.72. The Balaban J connectivity index is 2.77. The highest BCUT2D eigenvalue weighted by Crippen LogP contribution is 2.18. The number of methoxy groups -OCH3 is 2. The average Bonchev–Trinajstić information content (AvgIpc) is 2.44. The predicted octanol–water partition coefficient (Wildman–Crippen LogP) is 1.38. The van der Waals surface area contributed by atoms with Gasteiger partial charge in [-0.3, -0.25) is 0 Å². The van der Waals surface area contributed by atoms with Crippen LogP contribution in [-0.4, -0.2) is 52.1 Å². The molecule has 1 heterocycles. The summed E-state index contributed by atoms with van der Waals surface area (Å²) in [6, 6.07) is 2.17. The summed E-state index contributed by atoms with van der Waals surface area (Å²) in [7, 11) is 3.45. The molecule has 2 N–H and O–H groups in total. The highest BCUT2D eigenvalue weighted by molar-refractivity contribution is 5.47. The second kappa shape index (κ2) is 9.69. The van der Waals surface area contributed by atoms with Gasteiger partial charge in [-0.05, 0) is 37.4 Å². The Kier molecular flexibility index (Phi) is 8.18. The standard InChI is InChI=1S/C15H27N3O2/c1-13-11-14(5-6-16)12-17-15(13)18(8-10-20-3)7-4-9-19-2/h11-12H,4-10,16H2,1-3H3. The number of anilines is 1. The van der Waals surface area contributed by atoms with Gasteiger partial charge in [0.15, 0.2) is 0 Å². The number of aromatic nitrogens is 1. The number of ether oxygens (including phenoxy) is 2. The fourth-order valence-electron chi connectivity index (χ4n) is 2.19. The van der Waals surface area contributed by atoms with Crippen molar-refractivity contribution in [2.75, 3.05) is 52.0 Å². The molecule has 0 amide bonds. The van der Waals surface area contributed by atoms with Crippen molar-refractivity contribution in [1.29, 1.82) is 0 Å². The molecule has 0 saturated carbocycles. The Morgan fingerprint density at radius 2 is 1.95 bits per heavy atom. The van der Waals surface area contributed by atoms with Gasteiger partial charge in [-0.15, -0.1) is 0 Å². The first kappa shape index (κ1) is 16.9. The monoisotopic (exact) mass is 281 g/mol. The lowest BCUT2D eigenvalue weighted by Gasteiger charge is -2.25. The normalized spacial score (nSPS) is 10.8. The quantitative estimate of drug-likeness (QED) is 0.657. The lowest BCUT2D eigenvalue weighted by molar-refractivity contribution is 0.191. The van der Waals surface area contributed by atoms with E-state index in [1.165, 1.54) is 11.1 Å². The molecule has 0 unspecified atom stereocenters. The van der Waals surface area contributed by atoms with Crippen LogP contribution < -0.4 is 10.6 Å². The molecule has 5 nitrogen and oxygen atoms in total. The number of hydrogen-bond acceptors (Lipinski definition) is 5. The zero-order valence-electron chi connectivity index (χ0n) is 12.9. The van der Waals surface area contributed by atoms with E-state index < -0.39 is 0 Å². The minimum Gasteiger partial charge on any atom is -0.385 e. The topological polar surface area (TPSA) is 60.6 Å². The van der Waals surface area contributed by atoms with Crippen molar-refractivity contribution < 1.29 is 9.47 Å². The molecular formula is C15H27N3O2. The van der Waals surface area contributed by atoms with E-state index in [1.54, 1.807) is 14.2 Å². The van der Waals surface area contributed by atoms with Gasteiger partial charge in [0.1, 0.15) is 5.82 Å². The molecule has 0 atom stereocenters. The van der Waals surface area contributed by atoms with Crippen molar-refractivity contribution in [2.24, 2.45) is 5.73 Å². The summed E-state index contributed by atoms with van der Waals surface area (Å²) in [6.45, 7) is 5.96. The summed E-state index contributed by atoms with van der Waals surface area (Å²) in [4.78, 5) is 6.86. The Hall–Kier alpha value is -1.17. The molecule has 1 aromatic rings. The summed E-state index contributed by atoms with van der Waals surface area (Å²) < 4.78 is 10.3. The zero-order chi connectivity index (χ0) is 14.8. The van der Waals surface area contributed by atoms with Gasteiger partial charge < -0.3 is 20.1 Å². The van der Waals surface area contributed by atoms with Crippen molar-refractivity contribution in [3.63, 3.8) is 0 Å². The maximum Gasteiger partial charge on any atom is 0.131 e. The number of rotatable bonds is 10. The molecule has 1 aromatic heterocycles. The van der Waals surface area contributed by atoms with Crippen LogP contribution in [0, 0.1) is 6.92 Å². The largest absolute Gasteiger partial charge is 0.385 e. The van der Waals surface area contributed by atoms with Crippen LogP contribution >= 0.6 is 0 Å². The third-order valence-corrected chi connectivity index (χ3v) is 3.18. The van der Waals surface area contributed by atoms with Crippen LogP contribution in [0.1, 0.15) is 17.5 Å². The SMILES string of the molecule is COCCCN(CCOC)c1ncc(CCN)cc1C. The minimum absolute atomic E-state index is 0.654. The average molecular weight is 281 g/mol. The molecule has 0 aliphatic heterocycles. The molecular weight excluding hydrogens is 254 g/mol. The van der Waals surface area contributed by atoms with Crippen LogP contribution in [-0.2, 0) is 15.9 Å². The van der Waals surface area contributed by atoms with Gasteiger partial charge in [0.25, 0.3) is 0 Å². The first-order valence-corrected chi connectivity index (χ1v) is 7.11. The maximum absolute atomic E-state index is 5.59. The maximum atomic E-state index is 5.59. The molecule has 20 heavy (non-hydrogen) atoms. The van der Waals surface area contributed by atoms with Gasteiger partial charge in [-0.1, -0.05) is 6.07 Å². The molecule has 0 bridgehead atoms. The predicted molar refractivity (Wildman–Crippen MR) is 82.3 cm³/mol. The Morgan fingerprint density at radius 3 is 2.55 bits per heavy atom. The molecule has 5 heteroatoms. The van der Waals surface area contributed by atoms with E-state index >= 15 is 0 Å². The van der Waals surface area contributed by atoms with Crippen molar-refractivity contribution in [2.45, 2.75) is 19.8 Å². The van der Waals surface area contributed by atoms with Crippen LogP contribution in [0.25, 0.3) is 0 Å². The summed E-state index contributed by atoms with van der Waals surface area (Å²) in [5, 5.41) is 0. The molecule has 0 saturated heterocycles. The van der Waals surface area contributed by atoms with Gasteiger partial charge >= 0.3 is 0 Å². The smallest absolute Gasteiger partial charge is 0.131 e. The van der Waals surface area contributed by atoms with Crippen molar-refractivity contribution >= 4 is 5.82 Å². The van der Waals surface area contributed by atoms with Gasteiger partial charge in [0.05, 0.1) is 6.61 Å². The van der Waals surface area contributed by atoms with E-state index in [4.69, 9.17) is 15.2 Å². The summed E-state index contributed by atoms with van der Waals surface area (Å²) in [6.07, 6.45) is 3.77. The lowest BCUT2D eigenvalue weighted by atomic mass is 10.1. The highest BCUT2D eigenvalue weighted by Gasteiger charge is 2.11. The number of hydrogen-bond donors (Lipinski definition) is 1. The highest BCUT2D eigenvalue weighted by atomic mass is 16.5. The van der Waals surface area contributed by atoms with Crippen molar-refractivity contribution in [3.05, 3.63) is 23.4 Å². The van der Waals surface area contributed by atoms with E-state index in [-0.39, 0.29) is 0 Å². The van der Waals surface area contributed by atoms with E-state index in [9.17, 15) is 0 Å². The zero-order valence-corrected chi connectivity index (χ0v) is 12.9. The third kappa shape index (κ3) is 5.45. The van der Waals surface area contributed by atoms with Gasteiger partial charge in [0.2, 0.25) is 0 Å². The number of pyridine rings is 1. The Labute approximate surface area is 122 Å². The van der Waals surface area contributed by atoms with Gasteiger partial charge in [-0.2, -0.15) is 0 Å². The van der Waals surface area contributed by atoms with E-state index in [0.29, 0.717) is 13.2 Å². The van der Waals surface area contributed by atoms with E-state index in [1.807, 2.05) is 6.20 Å². The molecule has 0 radical (unpaired) electrons. The summed E-state index contributed by atoms with van der Waals surface area (Å²) in [5.74, 6) is 1.03. The third-order valence-electron chi connectivity index (χ3n) is 3.18. The van der Waals surface area contributed by atoms with E-state index in [2.05, 4.69) is 22.9 Å². The van der Waals surface area contributed by atoms with Crippen LogP contribution in [0.15, 0.2) is 12.3 Å². The lowest BCUT2D eigenvalue weighted by Crippen LogP contribution is -2.30. The van der Waals surface area contributed by atoms with Crippen molar-refractivity contribution in [3.8, 4) is 0 Å². The van der Waals surface area contributed by atoms with Crippen LogP contribution in [0.5, 0.6) is 0 Å². The second-order valence-electron chi connectivity index (χ2n) is 4.85. The second-order valence-corrected chi connectivity index (χ2v) is 4.85. The molecule has 1 rings (SSSR count).